The lowest BCUT2D eigenvalue weighted by molar-refractivity contribution is 0.402. The maximum Gasteiger partial charge on any atom is 0.224 e. The van der Waals surface area contributed by atoms with Crippen molar-refractivity contribution >= 4 is 11.8 Å². The van der Waals surface area contributed by atoms with Gasteiger partial charge in [-0.15, -0.1) is 0 Å². The van der Waals surface area contributed by atoms with Crippen LogP contribution in [0.2, 0.25) is 0 Å². The molecule has 1 fully saturated rings. The quantitative estimate of drug-likeness (QED) is 0.852. The highest BCUT2D eigenvalue weighted by molar-refractivity contribution is 5.45. The molecule has 1 aromatic carbocycles. The highest BCUT2D eigenvalue weighted by Crippen LogP contribution is 2.25. The molecule has 2 heterocycles. The van der Waals surface area contributed by atoms with Crippen LogP contribution in [0, 0.1) is 18.8 Å². The molecule has 0 atom stereocenters. The summed E-state index contributed by atoms with van der Waals surface area (Å²) in [6.45, 7) is 9.51. The summed E-state index contributed by atoms with van der Waals surface area (Å²) >= 11 is 0. The second kappa shape index (κ2) is 8.32. The number of hydrogen-bond donors (Lipinski definition) is 1. The van der Waals surface area contributed by atoms with Crippen LogP contribution in [0.1, 0.15) is 37.9 Å². The highest BCUT2D eigenvalue weighted by atomic mass is 15.2. The van der Waals surface area contributed by atoms with Crippen LogP contribution >= 0.6 is 0 Å². The first-order chi connectivity index (χ1) is 12.1. The lowest BCUT2D eigenvalue weighted by Crippen LogP contribution is -2.35. The predicted octanol–water partition coefficient (Wildman–Crippen LogP) is 4.31. The van der Waals surface area contributed by atoms with Gasteiger partial charge < -0.3 is 10.2 Å². The minimum Gasteiger partial charge on any atom is -0.356 e. The van der Waals surface area contributed by atoms with E-state index >= 15 is 0 Å². The van der Waals surface area contributed by atoms with Gasteiger partial charge >= 0.3 is 0 Å². The van der Waals surface area contributed by atoms with Crippen LogP contribution in [-0.2, 0) is 6.42 Å². The summed E-state index contributed by atoms with van der Waals surface area (Å²) in [5.74, 6) is 3.19. The molecular formula is C21H30N4. The third-order valence-corrected chi connectivity index (χ3v) is 4.81. The third kappa shape index (κ3) is 5.18. The lowest BCUT2D eigenvalue weighted by Gasteiger charge is -2.33. The largest absolute Gasteiger partial charge is 0.356 e. The van der Waals surface area contributed by atoms with E-state index in [0.29, 0.717) is 5.92 Å². The number of aryl methyl sites for hydroxylation is 1. The molecule has 25 heavy (non-hydrogen) atoms. The molecule has 1 aliphatic heterocycles. The summed E-state index contributed by atoms with van der Waals surface area (Å²) in [7, 11) is 0. The van der Waals surface area contributed by atoms with E-state index in [9.17, 15) is 0 Å². The number of hydrogen-bond acceptors (Lipinski definition) is 4. The van der Waals surface area contributed by atoms with Crippen LogP contribution < -0.4 is 10.2 Å². The first-order valence-electron chi connectivity index (χ1n) is 9.48. The smallest absolute Gasteiger partial charge is 0.224 e. The van der Waals surface area contributed by atoms with Gasteiger partial charge in [0.15, 0.2) is 0 Å². The van der Waals surface area contributed by atoms with Crippen molar-refractivity contribution in [2.45, 2.75) is 40.0 Å². The van der Waals surface area contributed by atoms with Gasteiger partial charge in [-0.2, -0.15) is 4.98 Å². The molecular weight excluding hydrogens is 308 g/mol. The number of benzene rings is 1. The Morgan fingerprint density at radius 2 is 1.84 bits per heavy atom. The van der Waals surface area contributed by atoms with Gasteiger partial charge in [0.2, 0.25) is 5.95 Å². The molecule has 134 valence electrons. The van der Waals surface area contributed by atoms with Crippen LogP contribution in [0.5, 0.6) is 0 Å². The van der Waals surface area contributed by atoms with Crippen molar-refractivity contribution in [1.29, 1.82) is 0 Å². The van der Waals surface area contributed by atoms with Gasteiger partial charge in [0, 0.05) is 31.4 Å². The Morgan fingerprint density at radius 1 is 1.12 bits per heavy atom. The normalized spacial score (nSPS) is 15.6. The molecule has 2 aromatic rings. The number of anilines is 2. The van der Waals surface area contributed by atoms with Gasteiger partial charge in [-0.05, 0) is 43.6 Å². The van der Waals surface area contributed by atoms with Crippen molar-refractivity contribution in [2.75, 3.05) is 29.9 Å². The number of nitrogens with zero attached hydrogens (tertiary/aromatic N) is 3. The number of aromatic nitrogens is 2. The molecule has 0 saturated carbocycles. The topological polar surface area (TPSA) is 41.1 Å². The van der Waals surface area contributed by atoms with Gasteiger partial charge in [-0.25, -0.2) is 4.98 Å². The summed E-state index contributed by atoms with van der Waals surface area (Å²) in [6, 6.07) is 13.0. The van der Waals surface area contributed by atoms with Crippen LogP contribution in [0.4, 0.5) is 11.8 Å². The Labute approximate surface area is 151 Å². The van der Waals surface area contributed by atoms with Crippen LogP contribution in [0.25, 0.3) is 0 Å². The zero-order chi connectivity index (χ0) is 17.6. The van der Waals surface area contributed by atoms with E-state index in [1.807, 2.05) is 6.92 Å². The molecule has 3 rings (SSSR count). The Hall–Kier alpha value is -2.10. The average molecular weight is 338 g/mol. The fourth-order valence-electron chi connectivity index (χ4n) is 3.40. The summed E-state index contributed by atoms with van der Waals surface area (Å²) in [5, 5.41) is 3.36. The molecule has 4 heteroatoms. The summed E-state index contributed by atoms with van der Waals surface area (Å²) in [5.41, 5.74) is 2.49. The minimum atomic E-state index is 0.585. The van der Waals surface area contributed by atoms with Crippen molar-refractivity contribution < 1.29 is 0 Å². The van der Waals surface area contributed by atoms with Gasteiger partial charge in [0.25, 0.3) is 0 Å². The van der Waals surface area contributed by atoms with Crippen LogP contribution in [-0.4, -0.2) is 29.6 Å². The fourth-order valence-corrected chi connectivity index (χ4v) is 3.40. The van der Waals surface area contributed by atoms with E-state index in [1.54, 1.807) is 0 Å². The Bertz CT molecular complexity index is 661. The van der Waals surface area contributed by atoms with Crippen LogP contribution in [0.3, 0.4) is 0 Å². The first kappa shape index (κ1) is 17.7. The summed E-state index contributed by atoms with van der Waals surface area (Å²) in [6.07, 6.45) is 3.65. The maximum atomic E-state index is 4.74. The van der Waals surface area contributed by atoms with E-state index in [1.165, 1.54) is 24.8 Å². The zero-order valence-electron chi connectivity index (χ0n) is 15.7. The molecule has 1 saturated heterocycles. The van der Waals surface area contributed by atoms with Crippen molar-refractivity contribution in [1.82, 2.24) is 9.97 Å². The van der Waals surface area contributed by atoms with Crippen molar-refractivity contribution in [3.8, 4) is 0 Å². The zero-order valence-corrected chi connectivity index (χ0v) is 15.7. The SMILES string of the molecule is Cc1cc(N2CCC(Cc3ccccc3)CC2)nc(NCC(C)C)n1. The Balaban J connectivity index is 1.58. The van der Waals surface area contributed by atoms with E-state index in [2.05, 4.69) is 65.4 Å². The van der Waals surface area contributed by atoms with Gasteiger partial charge in [0.05, 0.1) is 0 Å². The van der Waals surface area contributed by atoms with Crippen molar-refractivity contribution in [3.05, 3.63) is 47.7 Å². The molecule has 0 spiro atoms. The van der Waals surface area contributed by atoms with Crippen molar-refractivity contribution in [3.63, 3.8) is 0 Å². The minimum absolute atomic E-state index is 0.585. The first-order valence-corrected chi connectivity index (χ1v) is 9.48. The number of rotatable bonds is 6. The van der Waals surface area contributed by atoms with Gasteiger partial charge in [0.1, 0.15) is 5.82 Å². The van der Waals surface area contributed by atoms with E-state index in [0.717, 1.165) is 43.0 Å². The maximum absolute atomic E-state index is 4.74. The monoisotopic (exact) mass is 338 g/mol. The Morgan fingerprint density at radius 3 is 2.52 bits per heavy atom. The van der Waals surface area contributed by atoms with Gasteiger partial charge in [-0.1, -0.05) is 44.2 Å². The number of nitrogens with one attached hydrogen (secondary N) is 1. The van der Waals surface area contributed by atoms with Gasteiger partial charge in [-0.3, -0.25) is 0 Å². The summed E-state index contributed by atoms with van der Waals surface area (Å²) in [4.78, 5) is 11.7. The number of piperidine rings is 1. The predicted molar refractivity (Wildman–Crippen MR) is 105 cm³/mol. The van der Waals surface area contributed by atoms with E-state index < -0.39 is 0 Å². The fraction of sp³-hybridized carbons (Fsp3) is 0.524. The molecule has 0 unspecified atom stereocenters. The third-order valence-electron chi connectivity index (χ3n) is 4.81. The van der Waals surface area contributed by atoms with Crippen molar-refractivity contribution in [2.24, 2.45) is 11.8 Å². The molecule has 1 aromatic heterocycles. The summed E-state index contributed by atoms with van der Waals surface area (Å²) < 4.78 is 0. The standard InChI is InChI=1S/C21H30N4/c1-16(2)15-22-21-23-17(3)13-20(24-21)25-11-9-19(10-12-25)14-18-7-5-4-6-8-18/h4-8,13,16,19H,9-12,14-15H2,1-3H3,(H,22,23,24). The molecule has 1 aliphatic rings. The highest BCUT2D eigenvalue weighted by Gasteiger charge is 2.21. The molecule has 0 radical (unpaired) electrons. The van der Waals surface area contributed by atoms with E-state index in [4.69, 9.17) is 4.98 Å². The average Bonchev–Trinajstić information content (AvgIpc) is 2.61. The second-order valence-corrected chi connectivity index (χ2v) is 7.59. The molecule has 4 nitrogen and oxygen atoms in total. The van der Waals surface area contributed by atoms with E-state index in [-0.39, 0.29) is 0 Å². The second-order valence-electron chi connectivity index (χ2n) is 7.59. The molecule has 0 bridgehead atoms. The van der Waals surface area contributed by atoms with Crippen LogP contribution in [0.15, 0.2) is 36.4 Å². The molecule has 0 aliphatic carbocycles. The molecule has 0 amide bonds. The Kier molecular flexibility index (Phi) is 5.90. The lowest BCUT2D eigenvalue weighted by atomic mass is 9.90. The molecule has 1 N–H and O–H groups in total.